The molecular formula is C13H15IO. The number of rotatable bonds is 2. The maximum Gasteiger partial charge on any atom is 0.132 e. The molecule has 2 heteroatoms. The van der Waals surface area contributed by atoms with Gasteiger partial charge in [-0.05, 0) is 18.4 Å². The molecule has 15 heavy (non-hydrogen) atoms. The van der Waals surface area contributed by atoms with Gasteiger partial charge in [0.15, 0.2) is 0 Å². The Kier molecular flexibility index (Phi) is 2.32. The summed E-state index contributed by atoms with van der Waals surface area (Å²) in [4.78, 5) is 0. The molecule has 1 spiro atoms. The molecule has 0 N–H and O–H groups in total. The second-order valence-corrected chi connectivity index (χ2v) is 5.39. The van der Waals surface area contributed by atoms with Gasteiger partial charge in [0.1, 0.15) is 11.2 Å². The van der Waals surface area contributed by atoms with E-state index in [4.69, 9.17) is 4.74 Å². The number of benzene rings is 1. The first-order chi connectivity index (χ1) is 7.33. The molecule has 1 aromatic carbocycles. The van der Waals surface area contributed by atoms with E-state index in [1.807, 2.05) is 0 Å². The van der Waals surface area contributed by atoms with Gasteiger partial charge in [0.2, 0.25) is 0 Å². The number of hydrogen-bond donors (Lipinski definition) is 0. The Balaban J connectivity index is 1.97. The van der Waals surface area contributed by atoms with Crippen LogP contribution >= 0.6 is 22.6 Å². The van der Waals surface area contributed by atoms with Gasteiger partial charge in [-0.3, -0.25) is 0 Å². The molecule has 0 aromatic heterocycles. The second-order valence-electron chi connectivity index (χ2n) is 4.63. The van der Waals surface area contributed by atoms with E-state index in [2.05, 4.69) is 52.9 Å². The third-order valence-corrected chi connectivity index (χ3v) is 4.98. The van der Waals surface area contributed by atoms with Crippen molar-refractivity contribution in [1.29, 1.82) is 0 Å². The minimum Gasteiger partial charge on any atom is -0.357 e. The Bertz CT molecular complexity index is 356. The Morgan fingerprint density at radius 2 is 1.80 bits per heavy atom. The van der Waals surface area contributed by atoms with Crippen molar-refractivity contribution in [2.45, 2.75) is 36.9 Å². The lowest BCUT2D eigenvalue weighted by Gasteiger charge is -2.13. The number of epoxide rings is 1. The van der Waals surface area contributed by atoms with Crippen molar-refractivity contribution in [3.63, 3.8) is 0 Å². The molecule has 1 aromatic rings. The van der Waals surface area contributed by atoms with Crippen molar-refractivity contribution in [3.05, 3.63) is 35.9 Å². The lowest BCUT2D eigenvalue weighted by Crippen LogP contribution is -2.22. The highest BCUT2D eigenvalue weighted by molar-refractivity contribution is 14.1. The zero-order valence-corrected chi connectivity index (χ0v) is 10.9. The summed E-state index contributed by atoms with van der Waals surface area (Å²) in [6.07, 6.45) is 5.19. The molecule has 2 fully saturated rings. The van der Waals surface area contributed by atoms with Gasteiger partial charge in [-0.2, -0.15) is 0 Å². The van der Waals surface area contributed by atoms with Gasteiger partial charge in [0.05, 0.1) is 0 Å². The third-order valence-electron chi connectivity index (χ3n) is 3.90. The molecule has 0 amide bonds. The number of halogens is 1. The van der Waals surface area contributed by atoms with Crippen LogP contribution in [-0.2, 0) is 10.3 Å². The summed E-state index contributed by atoms with van der Waals surface area (Å²) in [7, 11) is 0. The summed E-state index contributed by atoms with van der Waals surface area (Å²) in [5, 5.41) is 0. The van der Waals surface area contributed by atoms with Gasteiger partial charge in [0.25, 0.3) is 0 Å². The van der Waals surface area contributed by atoms with Crippen LogP contribution in [0.1, 0.15) is 31.2 Å². The van der Waals surface area contributed by atoms with E-state index in [0.29, 0.717) is 0 Å². The van der Waals surface area contributed by atoms with Crippen molar-refractivity contribution >= 4 is 22.6 Å². The Labute approximate surface area is 104 Å². The van der Waals surface area contributed by atoms with Crippen LogP contribution in [0.3, 0.4) is 0 Å². The average Bonchev–Trinajstić information content (AvgIpc) is 2.67. The van der Waals surface area contributed by atoms with E-state index in [-0.39, 0.29) is 11.2 Å². The van der Waals surface area contributed by atoms with E-state index in [0.717, 1.165) is 4.43 Å². The molecule has 0 bridgehead atoms. The zero-order chi connectivity index (χ0) is 10.4. The molecule has 1 atom stereocenters. The summed E-state index contributed by atoms with van der Waals surface area (Å²) >= 11 is 2.47. The lowest BCUT2D eigenvalue weighted by molar-refractivity contribution is 0.274. The van der Waals surface area contributed by atoms with Crippen molar-refractivity contribution < 1.29 is 4.74 Å². The molecule has 1 aliphatic heterocycles. The Hall–Kier alpha value is -0.0900. The molecule has 1 heterocycles. The molecule has 1 saturated carbocycles. The topological polar surface area (TPSA) is 12.5 Å². The highest BCUT2D eigenvalue weighted by Gasteiger charge is 2.70. The van der Waals surface area contributed by atoms with Crippen LogP contribution in [0.2, 0.25) is 0 Å². The highest BCUT2D eigenvalue weighted by Crippen LogP contribution is 2.64. The number of ether oxygens (including phenoxy) is 1. The first-order valence-electron chi connectivity index (χ1n) is 5.65. The van der Waals surface area contributed by atoms with Crippen molar-refractivity contribution in [2.75, 3.05) is 4.43 Å². The third kappa shape index (κ3) is 1.30. The van der Waals surface area contributed by atoms with Crippen molar-refractivity contribution in [2.24, 2.45) is 0 Å². The maximum atomic E-state index is 6.18. The van der Waals surface area contributed by atoms with Crippen LogP contribution in [0.25, 0.3) is 0 Å². The highest BCUT2D eigenvalue weighted by atomic mass is 127. The fourth-order valence-electron chi connectivity index (χ4n) is 3.02. The minimum atomic E-state index is 0.0469. The van der Waals surface area contributed by atoms with Crippen LogP contribution in [-0.4, -0.2) is 10.0 Å². The summed E-state index contributed by atoms with van der Waals surface area (Å²) in [6.45, 7) is 0. The molecule has 3 rings (SSSR count). The average molecular weight is 314 g/mol. The molecule has 0 unspecified atom stereocenters. The normalized spacial score (nSPS) is 32.1. The molecular weight excluding hydrogens is 299 g/mol. The maximum absolute atomic E-state index is 6.18. The van der Waals surface area contributed by atoms with Gasteiger partial charge in [0, 0.05) is 4.43 Å². The molecule has 2 aliphatic rings. The van der Waals surface area contributed by atoms with Gasteiger partial charge in [-0.15, -0.1) is 0 Å². The van der Waals surface area contributed by atoms with E-state index < -0.39 is 0 Å². The SMILES string of the molecule is IC[C@@]1(c2ccccc2)OC12CCCC2. The van der Waals surface area contributed by atoms with Gasteiger partial charge in [-0.25, -0.2) is 0 Å². The molecule has 1 aliphatic carbocycles. The number of alkyl halides is 1. The van der Waals surface area contributed by atoms with Crippen molar-refractivity contribution in [1.82, 2.24) is 0 Å². The quantitative estimate of drug-likeness (QED) is 0.461. The monoisotopic (exact) mass is 314 g/mol. The van der Waals surface area contributed by atoms with Crippen LogP contribution < -0.4 is 0 Å². The van der Waals surface area contributed by atoms with Crippen LogP contribution in [0, 0.1) is 0 Å². The van der Waals surface area contributed by atoms with Gasteiger partial charge in [-0.1, -0.05) is 65.8 Å². The minimum absolute atomic E-state index is 0.0469. The molecule has 1 saturated heterocycles. The summed E-state index contributed by atoms with van der Waals surface area (Å²) in [5.41, 5.74) is 1.63. The molecule has 1 nitrogen and oxygen atoms in total. The second kappa shape index (κ2) is 3.45. The lowest BCUT2D eigenvalue weighted by atomic mass is 9.86. The fourth-order valence-corrected chi connectivity index (χ4v) is 4.31. The van der Waals surface area contributed by atoms with E-state index in [1.165, 1.54) is 31.2 Å². The van der Waals surface area contributed by atoms with Crippen molar-refractivity contribution in [3.8, 4) is 0 Å². The van der Waals surface area contributed by atoms with Crippen LogP contribution in [0.15, 0.2) is 30.3 Å². The summed E-state index contributed by atoms with van der Waals surface area (Å²) in [6, 6.07) is 10.7. The Morgan fingerprint density at radius 1 is 1.13 bits per heavy atom. The number of hydrogen-bond acceptors (Lipinski definition) is 1. The van der Waals surface area contributed by atoms with E-state index in [9.17, 15) is 0 Å². The van der Waals surface area contributed by atoms with Gasteiger partial charge >= 0.3 is 0 Å². The first-order valence-corrected chi connectivity index (χ1v) is 7.17. The Morgan fingerprint density at radius 3 is 2.40 bits per heavy atom. The van der Waals surface area contributed by atoms with E-state index in [1.54, 1.807) is 0 Å². The largest absolute Gasteiger partial charge is 0.357 e. The zero-order valence-electron chi connectivity index (χ0n) is 8.71. The standard InChI is InChI=1S/C13H15IO/c14-10-13(11-6-2-1-3-7-11)12(15-13)8-4-5-9-12/h1-3,6-7H,4-5,8-10H2/t13-/m0/s1. The predicted molar refractivity (Wildman–Crippen MR) is 69.3 cm³/mol. The van der Waals surface area contributed by atoms with E-state index >= 15 is 0 Å². The summed E-state index contributed by atoms with van der Waals surface area (Å²) < 4.78 is 7.26. The van der Waals surface area contributed by atoms with Crippen LogP contribution in [0.4, 0.5) is 0 Å². The fraction of sp³-hybridized carbons (Fsp3) is 0.538. The van der Waals surface area contributed by atoms with Gasteiger partial charge < -0.3 is 4.74 Å². The predicted octanol–water partition coefficient (Wildman–Crippen LogP) is 3.66. The summed E-state index contributed by atoms with van der Waals surface area (Å²) in [5.74, 6) is 0. The van der Waals surface area contributed by atoms with Crippen LogP contribution in [0.5, 0.6) is 0 Å². The smallest absolute Gasteiger partial charge is 0.132 e. The molecule has 0 radical (unpaired) electrons. The molecule has 80 valence electrons. The first kappa shape index (κ1) is 10.1.